The molecule has 0 bridgehead atoms. The van der Waals surface area contributed by atoms with E-state index in [1.54, 1.807) is 6.26 Å². The molecule has 1 aliphatic heterocycles. The Kier molecular flexibility index (Phi) is 3.44. The molecule has 0 aromatic carbocycles. The van der Waals surface area contributed by atoms with Gasteiger partial charge in [-0.2, -0.15) is 0 Å². The van der Waals surface area contributed by atoms with Crippen molar-refractivity contribution in [1.29, 1.82) is 0 Å². The minimum Gasteiger partial charge on any atom is -0.468 e. The van der Waals surface area contributed by atoms with Gasteiger partial charge in [0.25, 0.3) is 0 Å². The van der Waals surface area contributed by atoms with Crippen molar-refractivity contribution in [3.63, 3.8) is 0 Å². The Bertz CT molecular complexity index is 284. The fourth-order valence-electron chi connectivity index (χ4n) is 2.19. The Morgan fingerprint density at radius 1 is 1.60 bits per heavy atom. The first-order valence-corrected chi connectivity index (χ1v) is 5.75. The van der Waals surface area contributed by atoms with Crippen LogP contribution < -0.4 is 5.32 Å². The van der Waals surface area contributed by atoms with Crippen molar-refractivity contribution >= 4 is 0 Å². The van der Waals surface area contributed by atoms with Gasteiger partial charge in [-0.1, -0.05) is 6.92 Å². The van der Waals surface area contributed by atoms with E-state index in [2.05, 4.69) is 30.1 Å². The molecule has 0 spiro atoms. The molecular weight excluding hydrogens is 188 g/mol. The molecule has 1 saturated heterocycles. The van der Waals surface area contributed by atoms with Crippen LogP contribution in [0.25, 0.3) is 0 Å². The fraction of sp³-hybridized carbons (Fsp3) is 0.667. The minimum atomic E-state index is 0.391. The summed E-state index contributed by atoms with van der Waals surface area (Å²) in [5.41, 5.74) is 0. The molecule has 2 atom stereocenters. The molecule has 0 saturated carbocycles. The highest BCUT2D eigenvalue weighted by atomic mass is 16.3. The molecule has 0 radical (unpaired) electrons. The topological polar surface area (TPSA) is 28.4 Å². The maximum absolute atomic E-state index is 5.46. The van der Waals surface area contributed by atoms with Crippen molar-refractivity contribution < 1.29 is 4.42 Å². The van der Waals surface area contributed by atoms with Gasteiger partial charge in [-0.15, -0.1) is 0 Å². The molecule has 3 heteroatoms. The molecule has 3 nitrogen and oxygen atoms in total. The van der Waals surface area contributed by atoms with Crippen LogP contribution in [0.5, 0.6) is 0 Å². The Balaban J connectivity index is 2.02. The molecule has 0 aliphatic carbocycles. The molecule has 2 rings (SSSR count). The minimum absolute atomic E-state index is 0.391. The SMILES string of the molecule is CC1CNCCN(C(C)c2ccco2)C1. The van der Waals surface area contributed by atoms with Crippen LogP contribution in [0.1, 0.15) is 25.6 Å². The summed E-state index contributed by atoms with van der Waals surface area (Å²) >= 11 is 0. The molecule has 84 valence electrons. The summed E-state index contributed by atoms with van der Waals surface area (Å²) in [6.45, 7) is 8.97. The van der Waals surface area contributed by atoms with Gasteiger partial charge in [-0.25, -0.2) is 0 Å². The van der Waals surface area contributed by atoms with E-state index in [0.29, 0.717) is 12.0 Å². The third-order valence-electron chi connectivity index (χ3n) is 3.12. The van der Waals surface area contributed by atoms with E-state index in [0.717, 1.165) is 31.9 Å². The molecule has 1 N–H and O–H groups in total. The summed E-state index contributed by atoms with van der Waals surface area (Å²) in [6, 6.07) is 4.42. The van der Waals surface area contributed by atoms with Gasteiger partial charge in [0.2, 0.25) is 0 Å². The zero-order valence-electron chi connectivity index (χ0n) is 9.57. The summed E-state index contributed by atoms with van der Waals surface area (Å²) in [5, 5.41) is 3.45. The van der Waals surface area contributed by atoms with Crippen LogP contribution in [0.3, 0.4) is 0 Å². The monoisotopic (exact) mass is 208 g/mol. The first-order chi connectivity index (χ1) is 7.27. The van der Waals surface area contributed by atoms with Gasteiger partial charge in [0.15, 0.2) is 0 Å². The first-order valence-electron chi connectivity index (χ1n) is 5.75. The maximum Gasteiger partial charge on any atom is 0.120 e. The second-order valence-corrected chi connectivity index (χ2v) is 4.50. The number of nitrogens with one attached hydrogen (secondary N) is 1. The summed E-state index contributed by atoms with van der Waals surface area (Å²) in [7, 11) is 0. The lowest BCUT2D eigenvalue weighted by Crippen LogP contribution is -2.31. The van der Waals surface area contributed by atoms with Crippen molar-refractivity contribution in [3.8, 4) is 0 Å². The third kappa shape index (κ3) is 2.61. The average Bonchev–Trinajstić information content (AvgIpc) is 2.67. The highest BCUT2D eigenvalue weighted by Gasteiger charge is 2.21. The molecular formula is C12H20N2O. The highest BCUT2D eigenvalue weighted by Crippen LogP contribution is 2.21. The van der Waals surface area contributed by atoms with Crippen LogP contribution in [-0.2, 0) is 0 Å². The summed E-state index contributed by atoms with van der Waals surface area (Å²) in [4.78, 5) is 2.49. The van der Waals surface area contributed by atoms with E-state index in [4.69, 9.17) is 4.42 Å². The Morgan fingerprint density at radius 3 is 3.20 bits per heavy atom. The standard InChI is InChI=1S/C12H20N2O/c1-10-8-13-5-6-14(9-10)11(2)12-4-3-7-15-12/h3-4,7,10-11,13H,5-6,8-9H2,1-2H3. The van der Waals surface area contributed by atoms with Crippen molar-refractivity contribution in [2.45, 2.75) is 19.9 Å². The van der Waals surface area contributed by atoms with Crippen LogP contribution in [-0.4, -0.2) is 31.1 Å². The maximum atomic E-state index is 5.46. The van der Waals surface area contributed by atoms with E-state index < -0.39 is 0 Å². The molecule has 1 fully saturated rings. The van der Waals surface area contributed by atoms with Gasteiger partial charge >= 0.3 is 0 Å². The smallest absolute Gasteiger partial charge is 0.120 e. The van der Waals surface area contributed by atoms with Crippen molar-refractivity contribution in [3.05, 3.63) is 24.2 Å². The van der Waals surface area contributed by atoms with Crippen LogP contribution in [0, 0.1) is 5.92 Å². The van der Waals surface area contributed by atoms with Crippen molar-refractivity contribution in [2.24, 2.45) is 5.92 Å². The van der Waals surface area contributed by atoms with E-state index in [1.165, 1.54) is 0 Å². The Labute approximate surface area is 91.4 Å². The van der Waals surface area contributed by atoms with Gasteiger partial charge in [-0.3, -0.25) is 4.90 Å². The van der Waals surface area contributed by atoms with Gasteiger partial charge in [0.1, 0.15) is 5.76 Å². The van der Waals surface area contributed by atoms with Gasteiger partial charge in [0.05, 0.1) is 12.3 Å². The highest BCUT2D eigenvalue weighted by molar-refractivity contribution is 5.03. The molecule has 0 amide bonds. The van der Waals surface area contributed by atoms with Crippen LogP contribution >= 0.6 is 0 Å². The zero-order chi connectivity index (χ0) is 10.7. The number of hydrogen-bond acceptors (Lipinski definition) is 3. The lowest BCUT2D eigenvalue weighted by Gasteiger charge is -2.27. The van der Waals surface area contributed by atoms with Crippen molar-refractivity contribution in [1.82, 2.24) is 10.2 Å². The zero-order valence-corrected chi connectivity index (χ0v) is 9.57. The van der Waals surface area contributed by atoms with Crippen molar-refractivity contribution in [2.75, 3.05) is 26.2 Å². The summed E-state index contributed by atoms with van der Waals surface area (Å²) < 4.78 is 5.46. The van der Waals surface area contributed by atoms with E-state index in [1.807, 2.05) is 6.07 Å². The Morgan fingerprint density at radius 2 is 2.47 bits per heavy atom. The van der Waals surface area contributed by atoms with E-state index >= 15 is 0 Å². The molecule has 2 unspecified atom stereocenters. The van der Waals surface area contributed by atoms with Gasteiger partial charge < -0.3 is 9.73 Å². The van der Waals surface area contributed by atoms with E-state index in [9.17, 15) is 0 Å². The lowest BCUT2D eigenvalue weighted by atomic mass is 10.1. The predicted octanol–water partition coefficient (Wildman–Crippen LogP) is 1.88. The fourth-order valence-corrected chi connectivity index (χ4v) is 2.19. The Hall–Kier alpha value is -0.800. The lowest BCUT2D eigenvalue weighted by molar-refractivity contribution is 0.182. The van der Waals surface area contributed by atoms with Crippen LogP contribution in [0.4, 0.5) is 0 Å². The van der Waals surface area contributed by atoms with Crippen LogP contribution in [0.15, 0.2) is 22.8 Å². The largest absolute Gasteiger partial charge is 0.468 e. The number of hydrogen-bond donors (Lipinski definition) is 1. The quantitative estimate of drug-likeness (QED) is 0.804. The van der Waals surface area contributed by atoms with Crippen LogP contribution in [0.2, 0.25) is 0 Å². The molecule has 1 aliphatic rings. The number of rotatable bonds is 2. The van der Waals surface area contributed by atoms with Gasteiger partial charge in [0, 0.05) is 19.6 Å². The second-order valence-electron chi connectivity index (χ2n) is 4.50. The first kappa shape index (κ1) is 10.7. The molecule has 2 heterocycles. The summed E-state index contributed by atoms with van der Waals surface area (Å²) in [6.07, 6.45) is 1.76. The van der Waals surface area contributed by atoms with E-state index in [-0.39, 0.29) is 0 Å². The third-order valence-corrected chi connectivity index (χ3v) is 3.12. The molecule has 1 aromatic rings. The molecule has 1 aromatic heterocycles. The predicted molar refractivity (Wildman–Crippen MR) is 60.7 cm³/mol. The van der Waals surface area contributed by atoms with Gasteiger partial charge in [-0.05, 0) is 31.5 Å². The normalized spacial score (nSPS) is 26.1. The average molecular weight is 208 g/mol. The number of furan rings is 1. The molecule has 15 heavy (non-hydrogen) atoms. The number of nitrogens with zero attached hydrogens (tertiary/aromatic N) is 1. The summed E-state index contributed by atoms with van der Waals surface area (Å²) in [5.74, 6) is 1.79. The second kappa shape index (κ2) is 4.81.